The van der Waals surface area contributed by atoms with E-state index in [-0.39, 0.29) is 12.1 Å². The number of urea groups is 1. The van der Waals surface area contributed by atoms with Crippen molar-refractivity contribution in [3.05, 3.63) is 58.7 Å². The van der Waals surface area contributed by atoms with Gasteiger partial charge in [-0.15, -0.1) is 0 Å². The first-order valence-corrected chi connectivity index (χ1v) is 8.55. The summed E-state index contributed by atoms with van der Waals surface area (Å²) in [6.45, 7) is 2.61. The number of hydrogen-bond acceptors (Lipinski definition) is 2. The van der Waals surface area contributed by atoms with E-state index >= 15 is 0 Å². The third-order valence-corrected chi connectivity index (χ3v) is 4.70. The minimum atomic E-state index is -0.263. The van der Waals surface area contributed by atoms with Crippen LogP contribution in [0.5, 0.6) is 5.75 Å². The molecular weight excluding hydrogens is 338 g/mol. The van der Waals surface area contributed by atoms with Gasteiger partial charge < -0.3 is 20.4 Å². The Morgan fingerprint density at radius 3 is 3.04 bits per heavy atom. The fourth-order valence-electron chi connectivity index (χ4n) is 3.18. The van der Waals surface area contributed by atoms with Crippen LogP contribution in [0.25, 0.3) is 10.9 Å². The number of halogens is 1. The summed E-state index contributed by atoms with van der Waals surface area (Å²) in [6, 6.07) is 11.2. The van der Waals surface area contributed by atoms with Gasteiger partial charge in [0.1, 0.15) is 5.75 Å². The van der Waals surface area contributed by atoms with Gasteiger partial charge in [0.2, 0.25) is 0 Å². The van der Waals surface area contributed by atoms with E-state index in [4.69, 9.17) is 16.3 Å². The maximum atomic E-state index is 12.4. The maximum Gasteiger partial charge on any atom is 0.319 e. The van der Waals surface area contributed by atoms with E-state index in [1.807, 2.05) is 37.4 Å². The fourth-order valence-corrected chi connectivity index (χ4v) is 3.47. The predicted octanol–water partition coefficient (Wildman–Crippen LogP) is 4.78. The molecule has 6 heteroatoms. The Morgan fingerprint density at radius 1 is 1.28 bits per heavy atom. The average Bonchev–Trinajstić information content (AvgIpc) is 3.04. The van der Waals surface area contributed by atoms with Crippen molar-refractivity contribution in [2.45, 2.75) is 19.4 Å². The number of aryl methyl sites for hydroxylation is 1. The highest BCUT2D eigenvalue weighted by Crippen LogP contribution is 2.33. The third kappa shape index (κ3) is 3.15. The number of carbonyl (C=O) groups excluding carboxylic acids is 1. The zero-order valence-corrected chi connectivity index (χ0v) is 14.5. The van der Waals surface area contributed by atoms with Crippen LogP contribution in [0.1, 0.15) is 23.6 Å². The van der Waals surface area contributed by atoms with E-state index in [1.165, 1.54) is 0 Å². The van der Waals surface area contributed by atoms with Crippen molar-refractivity contribution in [3.63, 3.8) is 0 Å². The van der Waals surface area contributed by atoms with Crippen molar-refractivity contribution in [3.8, 4) is 5.75 Å². The summed E-state index contributed by atoms with van der Waals surface area (Å²) in [5, 5.41) is 7.42. The average molecular weight is 356 g/mol. The van der Waals surface area contributed by atoms with E-state index in [0.29, 0.717) is 17.3 Å². The third-order valence-electron chi connectivity index (χ3n) is 4.39. The Balaban J connectivity index is 1.52. The van der Waals surface area contributed by atoms with Crippen molar-refractivity contribution in [1.82, 2.24) is 10.3 Å². The normalized spacial score (nSPS) is 16.2. The molecule has 1 atom stereocenters. The van der Waals surface area contributed by atoms with Gasteiger partial charge in [-0.1, -0.05) is 29.3 Å². The van der Waals surface area contributed by atoms with Crippen LogP contribution in [0.3, 0.4) is 0 Å². The number of nitrogens with one attached hydrogen (secondary N) is 3. The number of rotatable bonds is 2. The zero-order valence-electron chi connectivity index (χ0n) is 13.7. The molecule has 0 radical (unpaired) electrons. The molecule has 2 amide bonds. The molecule has 1 unspecified atom stereocenters. The second kappa shape index (κ2) is 6.33. The molecule has 25 heavy (non-hydrogen) atoms. The second-order valence-electron chi connectivity index (χ2n) is 6.23. The summed E-state index contributed by atoms with van der Waals surface area (Å²) in [4.78, 5) is 15.5. The molecule has 128 valence electrons. The molecule has 1 aliphatic rings. The smallest absolute Gasteiger partial charge is 0.319 e. The number of fused-ring (bicyclic) bond motifs is 2. The fraction of sp³-hybridized carbons (Fsp3) is 0.211. The van der Waals surface area contributed by atoms with Crippen LogP contribution in [0.2, 0.25) is 5.02 Å². The highest BCUT2D eigenvalue weighted by molar-refractivity contribution is 6.35. The van der Waals surface area contributed by atoms with E-state index in [9.17, 15) is 4.79 Å². The summed E-state index contributed by atoms with van der Waals surface area (Å²) in [5.74, 6) is 0.831. The lowest BCUT2D eigenvalue weighted by molar-refractivity contribution is 0.232. The van der Waals surface area contributed by atoms with Crippen LogP contribution < -0.4 is 15.4 Å². The standard InChI is InChI=1S/C19H18ClN3O2/c1-11-2-3-18-14(8-11)16(5-7-25-18)23-19(24)22-12-9-15(20)13-4-6-21-17(13)10-12/h2-4,6,8-10,16,21H,5,7H2,1H3,(H2,22,23,24). The number of aromatic nitrogens is 1. The first-order chi connectivity index (χ1) is 12.1. The lowest BCUT2D eigenvalue weighted by Crippen LogP contribution is -2.35. The number of amides is 2. The predicted molar refractivity (Wildman–Crippen MR) is 99.5 cm³/mol. The van der Waals surface area contributed by atoms with Gasteiger partial charge in [-0.3, -0.25) is 0 Å². The molecule has 2 heterocycles. The molecular formula is C19H18ClN3O2. The van der Waals surface area contributed by atoms with Crippen molar-refractivity contribution in [2.24, 2.45) is 0 Å². The molecule has 0 saturated carbocycles. The SMILES string of the molecule is Cc1ccc2c(c1)C(NC(=O)Nc1cc(Cl)c3cc[nH]c3c1)CCO2. The van der Waals surface area contributed by atoms with Crippen LogP contribution in [0, 0.1) is 6.92 Å². The Bertz CT molecular complexity index is 951. The Labute approximate surface area is 150 Å². The molecule has 0 saturated heterocycles. The molecule has 5 nitrogen and oxygen atoms in total. The summed E-state index contributed by atoms with van der Waals surface area (Å²) in [5.41, 5.74) is 3.68. The van der Waals surface area contributed by atoms with Gasteiger partial charge in [0.25, 0.3) is 0 Å². The first kappa shape index (κ1) is 15.8. The number of carbonyl (C=O) groups is 1. The van der Waals surface area contributed by atoms with Crippen LogP contribution in [-0.4, -0.2) is 17.6 Å². The van der Waals surface area contributed by atoms with Gasteiger partial charge in [-0.25, -0.2) is 4.79 Å². The molecule has 2 aromatic carbocycles. The molecule has 0 fully saturated rings. The van der Waals surface area contributed by atoms with Gasteiger partial charge in [0, 0.05) is 34.8 Å². The van der Waals surface area contributed by atoms with Crippen LogP contribution >= 0.6 is 11.6 Å². The Morgan fingerprint density at radius 2 is 2.16 bits per heavy atom. The van der Waals surface area contributed by atoms with Gasteiger partial charge in [-0.2, -0.15) is 0 Å². The summed E-state index contributed by atoms with van der Waals surface area (Å²) in [6.07, 6.45) is 2.56. The Hall–Kier alpha value is -2.66. The summed E-state index contributed by atoms with van der Waals surface area (Å²) < 4.78 is 5.67. The quantitative estimate of drug-likeness (QED) is 0.619. The van der Waals surface area contributed by atoms with Gasteiger partial charge in [-0.05, 0) is 31.2 Å². The zero-order chi connectivity index (χ0) is 17.4. The molecule has 3 N–H and O–H groups in total. The molecule has 0 spiro atoms. The number of anilines is 1. The van der Waals surface area contributed by atoms with Crippen LogP contribution in [-0.2, 0) is 0 Å². The van der Waals surface area contributed by atoms with Crippen molar-refractivity contribution in [2.75, 3.05) is 11.9 Å². The van der Waals surface area contributed by atoms with Gasteiger partial charge in [0.15, 0.2) is 0 Å². The molecule has 3 aromatic rings. The molecule has 4 rings (SSSR count). The molecule has 1 aliphatic heterocycles. The lowest BCUT2D eigenvalue weighted by Gasteiger charge is -2.27. The molecule has 0 aliphatic carbocycles. The van der Waals surface area contributed by atoms with Gasteiger partial charge in [0.05, 0.1) is 17.7 Å². The minimum Gasteiger partial charge on any atom is -0.493 e. The first-order valence-electron chi connectivity index (χ1n) is 8.17. The molecule has 1 aromatic heterocycles. The topological polar surface area (TPSA) is 66.2 Å². The van der Waals surface area contributed by atoms with Crippen molar-refractivity contribution in [1.29, 1.82) is 0 Å². The highest BCUT2D eigenvalue weighted by Gasteiger charge is 2.23. The van der Waals surface area contributed by atoms with E-state index in [2.05, 4.69) is 21.7 Å². The molecule has 0 bridgehead atoms. The van der Waals surface area contributed by atoms with E-state index in [1.54, 1.807) is 6.07 Å². The number of benzene rings is 2. The maximum absolute atomic E-state index is 12.4. The van der Waals surface area contributed by atoms with E-state index in [0.717, 1.165) is 34.2 Å². The largest absolute Gasteiger partial charge is 0.493 e. The second-order valence-corrected chi connectivity index (χ2v) is 6.63. The number of hydrogen-bond donors (Lipinski definition) is 3. The van der Waals surface area contributed by atoms with Crippen molar-refractivity contribution < 1.29 is 9.53 Å². The summed E-state index contributed by atoms with van der Waals surface area (Å²) in [7, 11) is 0. The van der Waals surface area contributed by atoms with Crippen LogP contribution in [0.4, 0.5) is 10.5 Å². The summed E-state index contributed by atoms with van der Waals surface area (Å²) >= 11 is 6.26. The number of aromatic amines is 1. The highest BCUT2D eigenvalue weighted by atomic mass is 35.5. The monoisotopic (exact) mass is 355 g/mol. The van der Waals surface area contributed by atoms with Crippen molar-refractivity contribution >= 4 is 34.2 Å². The number of H-pyrrole nitrogens is 1. The van der Waals surface area contributed by atoms with Gasteiger partial charge >= 0.3 is 6.03 Å². The lowest BCUT2D eigenvalue weighted by atomic mass is 9.99. The number of ether oxygens (including phenoxy) is 1. The van der Waals surface area contributed by atoms with E-state index < -0.39 is 0 Å². The minimum absolute atomic E-state index is 0.0756. The van der Waals surface area contributed by atoms with Crippen LogP contribution in [0.15, 0.2) is 42.6 Å². The Kier molecular flexibility index (Phi) is 4.01.